The number of fused-ring (bicyclic) bond motifs is 2. The molecular weight excluding hydrogens is 478 g/mol. The zero-order valence-corrected chi connectivity index (χ0v) is 21.9. The van der Waals surface area contributed by atoms with Crippen LogP contribution >= 0.6 is 23.3 Å². The van der Waals surface area contributed by atoms with Crippen LogP contribution in [0.1, 0.15) is 18.7 Å². The minimum absolute atomic E-state index is 0.642. The Morgan fingerprint density at radius 1 is 1.06 bits per heavy atom. The van der Waals surface area contributed by atoms with Gasteiger partial charge in [-0.2, -0.15) is 5.10 Å². The summed E-state index contributed by atoms with van der Waals surface area (Å²) in [6, 6.07) is 8.48. The Morgan fingerprint density at radius 2 is 1.89 bits per heavy atom. The number of benzene rings is 1. The number of aromatic amines is 1. The molecule has 0 atom stereocenters. The summed E-state index contributed by atoms with van der Waals surface area (Å²) in [6.07, 6.45) is 1.86. The lowest BCUT2D eigenvalue weighted by Crippen LogP contribution is -2.43. The van der Waals surface area contributed by atoms with Gasteiger partial charge in [-0.1, -0.05) is 37.9 Å². The molecule has 184 valence electrons. The first-order valence-electron chi connectivity index (χ1n) is 12.3. The zero-order valence-electron chi connectivity index (χ0n) is 20.2. The molecule has 0 aliphatic carbocycles. The molecule has 10 heteroatoms. The summed E-state index contributed by atoms with van der Waals surface area (Å²) >= 11 is 3.78. The van der Waals surface area contributed by atoms with E-state index in [1.54, 1.807) is 11.3 Å². The standard InChI is InChI=1S/C25H31N7OS2/c1-17(2)35-32-8-6-30(7-9-32)16-18-14-20-24(31-10-12-33-13-11-31)27-23(28-25(20)34-18)19-4-3-5-22-21(19)15-26-29-22/h3-5,14-15,17H,6-13,16H2,1-2H3,(H,26,29). The molecule has 0 amide bonds. The summed E-state index contributed by atoms with van der Waals surface area (Å²) in [5, 5.41) is 10.2. The van der Waals surface area contributed by atoms with Gasteiger partial charge in [0, 0.05) is 66.9 Å². The van der Waals surface area contributed by atoms with E-state index in [0.29, 0.717) is 5.25 Å². The van der Waals surface area contributed by atoms with Gasteiger partial charge in [0.2, 0.25) is 0 Å². The van der Waals surface area contributed by atoms with E-state index in [9.17, 15) is 0 Å². The Labute approximate surface area is 213 Å². The largest absolute Gasteiger partial charge is 0.378 e. The maximum absolute atomic E-state index is 5.63. The molecule has 2 aliphatic rings. The number of nitrogens with zero attached hydrogens (tertiary/aromatic N) is 6. The average Bonchev–Trinajstić information content (AvgIpc) is 3.51. The Morgan fingerprint density at radius 3 is 2.69 bits per heavy atom. The number of anilines is 1. The number of thiophene rings is 1. The molecule has 5 heterocycles. The second-order valence-electron chi connectivity index (χ2n) is 9.40. The Balaban J connectivity index is 1.33. The second kappa shape index (κ2) is 10.0. The highest BCUT2D eigenvalue weighted by Crippen LogP contribution is 2.36. The van der Waals surface area contributed by atoms with Gasteiger partial charge in [-0.15, -0.1) is 11.3 Å². The van der Waals surface area contributed by atoms with Gasteiger partial charge in [0.15, 0.2) is 5.82 Å². The van der Waals surface area contributed by atoms with Gasteiger partial charge in [-0.3, -0.25) is 10.00 Å². The van der Waals surface area contributed by atoms with E-state index in [1.807, 2.05) is 30.3 Å². The maximum atomic E-state index is 5.63. The van der Waals surface area contributed by atoms with Crippen LogP contribution in [0.25, 0.3) is 32.5 Å². The van der Waals surface area contributed by atoms with Crippen molar-refractivity contribution >= 4 is 50.2 Å². The van der Waals surface area contributed by atoms with Gasteiger partial charge in [-0.25, -0.2) is 14.3 Å². The minimum atomic E-state index is 0.642. The third-order valence-electron chi connectivity index (χ3n) is 6.53. The molecule has 2 saturated heterocycles. The van der Waals surface area contributed by atoms with Gasteiger partial charge in [0.05, 0.1) is 30.3 Å². The highest BCUT2D eigenvalue weighted by molar-refractivity contribution is 7.97. The van der Waals surface area contributed by atoms with Crippen LogP contribution in [-0.4, -0.2) is 87.1 Å². The van der Waals surface area contributed by atoms with Gasteiger partial charge in [-0.05, 0) is 12.1 Å². The molecule has 1 N–H and O–H groups in total. The molecule has 8 nitrogen and oxygen atoms in total. The van der Waals surface area contributed by atoms with E-state index >= 15 is 0 Å². The average molecular weight is 510 g/mol. The number of morpholine rings is 1. The molecule has 0 bridgehead atoms. The molecule has 3 aromatic heterocycles. The lowest BCUT2D eigenvalue weighted by atomic mass is 10.1. The summed E-state index contributed by atoms with van der Waals surface area (Å²) < 4.78 is 8.14. The number of hydrogen-bond acceptors (Lipinski definition) is 9. The van der Waals surface area contributed by atoms with Crippen LogP contribution in [0.15, 0.2) is 30.5 Å². The number of piperazine rings is 1. The molecule has 2 fully saturated rings. The van der Waals surface area contributed by atoms with Gasteiger partial charge >= 0.3 is 0 Å². The fourth-order valence-electron chi connectivity index (χ4n) is 4.85. The van der Waals surface area contributed by atoms with Crippen molar-refractivity contribution in [1.29, 1.82) is 0 Å². The minimum Gasteiger partial charge on any atom is -0.378 e. The molecule has 2 aliphatic heterocycles. The van der Waals surface area contributed by atoms with Crippen LogP contribution in [-0.2, 0) is 11.3 Å². The van der Waals surface area contributed by atoms with Crippen molar-refractivity contribution in [3.05, 3.63) is 35.3 Å². The topological polar surface area (TPSA) is 73.4 Å². The number of H-pyrrole nitrogens is 1. The molecule has 35 heavy (non-hydrogen) atoms. The fourth-order valence-corrected chi connectivity index (χ4v) is 6.88. The smallest absolute Gasteiger partial charge is 0.163 e. The fraction of sp³-hybridized carbons (Fsp3) is 0.480. The summed E-state index contributed by atoms with van der Waals surface area (Å²) in [4.78, 5) is 17.5. The predicted molar refractivity (Wildman–Crippen MR) is 145 cm³/mol. The third-order valence-corrected chi connectivity index (χ3v) is 8.63. The first-order valence-corrected chi connectivity index (χ1v) is 14.0. The van der Waals surface area contributed by atoms with Crippen molar-refractivity contribution in [3.8, 4) is 11.4 Å². The molecule has 6 rings (SSSR count). The molecule has 0 spiro atoms. The first-order chi connectivity index (χ1) is 17.1. The van der Waals surface area contributed by atoms with E-state index in [4.69, 9.17) is 14.7 Å². The Bertz CT molecular complexity index is 1310. The van der Waals surface area contributed by atoms with Gasteiger partial charge in [0.1, 0.15) is 10.6 Å². The van der Waals surface area contributed by atoms with Crippen LogP contribution in [0.4, 0.5) is 5.82 Å². The van der Waals surface area contributed by atoms with Crippen LogP contribution in [0.5, 0.6) is 0 Å². The van der Waals surface area contributed by atoms with E-state index in [0.717, 1.165) is 97.4 Å². The Hall–Kier alpha value is -2.24. The summed E-state index contributed by atoms with van der Waals surface area (Å²) in [7, 11) is 0. The van der Waals surface area contributed by atoms with Crippen molar-refractivity contribution in [2.75, 3.05) is 57.4 Å². The number of hydrogen-bond donors (Lipinski definition) is 1. The highest BCUT2D eigenvalue weighted by Gasteiger charge is 2.23. The SMILES string of the molecule is CC(C)SN1CCN(Cc2cc3c(N4CCOCC4)nc(-c4cccc5[nH]ncc45)nc3s2)CC1. The molecule has 0 unspecified atom stereocenters. The van der Waals surface area contributed by atoms with Crippen LogP contribution in [0.3, 0.4) is 0 Å². The van der Waals surface area contributed by atoms with E-state index < -0.39 is 0 Å². The van der Waals surface area contributed by atoms with Gasteiger partial charge < -0.3 is 9.64 Å². The molecular formula is C25H31N7OS2. The van der Waals surface area contributed by atoms with E-state index in [-0.39, 0.29) is 0 Å². The van der Waals surface area contributed by atoms with Crippen molar-refractivity contribution in [1.82, 2.24) is 29.4 Å². The first kappa shape index (κ1) is 23.2. The van der Waals surface area contributed by atoms with Crippen LogP contribution < -0.4 is 4.90 Å². The van der Waals surface area contributed by atoms with Crippen molar-refractivity contribution in [2.24, 2.45) is 0 Å². The predicted octanol–water partition coefficient (Wildman–Crippen LogP) is 4.25. The van der Waals surface area contributed by atoms with Crippen molar-refractivity contribution in [2.45, 2.75) is 25.6 Å². The summed E-state index contributed by atoms with van der Waals surface area (Å²) in [5.74, 6) is 1.79. The summed E-state index contributed by atoms with van der Waals surface area (Å²) in [6.45, 7) is 13.1. The van der Waals surface area contributed by atoms with Crippen LogP contribution in [0.2, 0.25) is 0 Å². The van der Waals surface area contributed by atoms with Gasteiger partial charge in [0.25, 0.3) is 0 Å². The van der Waals surface area contributed by atoms with Crippen molar-refractivity contribution < 1.29 is 4.74 Å². The monoisotopic (exact) mass is 509 g/mol. The summed E-state index contributed by atoms with van der Waals surface area (Å²) in [5.41, 5.74) is 2.02. The molecule has 0 saturated carbocycles. The quantitative estimate of drug-likeness (QED) is 0.387. The lowest BCUT2D eigenvalue weighted by molar-refractivity contribution is 0.122. The van der Waals surface area contributed by atoms with Crippen LogP contribution in [0, 0.1) is 0 Å². The maximum Gasteiger partial charge on any atom is 0.163 e. The molecule has 1 aromatic carbocycles. The van der Waals surface area contributed by atoms with Crippen molar-refractivity contribution in [3.63, 3.8) is 0 Å². The van der Waals surface area contributed by atoms with E-state index in [2.05, 4.69) is 50.3 Å². The number of ether oxygens (including phenoxy) is 1. The lowest BCUT2D eigenvalue weighted by Gasteiger charge is -2.34. The second-order valence-corrected chi connectivity index (χ2v) is 12.2. The normalized spacial score (nSPS) is 18.3. The highest BCUT2D eigenvalue weighted by atomic mass is 32.2. The number of aromatic nitrogens is 4. The molecule has 4 aromatic rings. The molecule has 0 radical (unpaired) electrons. The third kappa shape index (κ3) is 4.90. The van der Waals surface area contributed by atoms with E-state index in [1.165, 1.54) is 4.88 Å². The number of rotatable bonds is 6. The zero-order chi connectivity index (χ0) is 23.8. The Kier molecular flexibility index (Phi) is 6.64. The number of nitrogens with one attached hydrogen (secondary N) is 1.